The number of hydrogen-bond donors (Lipinski definition) is 1. The van der Waals surface area contributed by atoms with Crippen LogP contribution in [0.25, 0.3) is 11.0 Å². The van der Waals surface area contributed by atoms with Crippen molar-refractivity contribution in [1.82, 2.24) is 25.2 Å². The van der Waals surface area contributed by atoms with Gasteiger partial charge in [0.25, 0.3) is 5.91 Å². The minimum absolute atomic E-state index is 0.0251. The topological polar surface area (TPSA) is 91.4 Å². The molecular formula is C24H25F4N5O3. The molecule has 2 amide bonds. The van der Waals surface area contributed by atoms with Gasteiger partial charge in [-0.25, -0.2) is 4.39 Å². The molecule has 1 aromatic heterocycles. The highest BCUT2D eigenvalue weighted by Crippen LogP contribution is 2.26. The second-order valence-electron chi connectivity index (χ2n) is 8.67. The number of hydrogen-bond acceptors (Lipinski definition) is 5. The van der Waals surface area contributed by atoms with Gasteiger partial charge in [-0.05, 0) is 55.5 Å². The van der Waals surface area contributed by atoms with E-state index < -0.39 is 17.9 Å². The summed E-state index contributed by atoms with van der Waals surface area (Å²) in [6.45, 7) is 3.90. The van der Waals surface area contributed by atoms with Crippen LogP contribution in [-0.4, -0.2) is 69.6 Å². The summed E-state index contributed by atoms with van der Waals surface area (Å²) < 4.78 is 54.7. The van der Waals surface area contributed by atoms with Crippen LogP contribution in [-0.2, 0) is 11.2 Å². The number of ether oxygens (including phenoxy) is 1. The van der Waals surface area contributed by atoms with E-state index >= 15 is 0 Å². The van der Waals surface area contributed by atoms with E-state index in [0.717, 1.165) is 12.5 Å². The first-order chi connectivity index (χ1) is 17.1. The van der Waals surface area contributed by atoms with Gasteiger partial charge in [0.05, 0.1) is 0 Å². The molecule has 1 atom stereocenters. The molecule has 0 saturated carbocycles. The van der Waals surface area contributed by atoms with Gasteiger partial charge in [-0.3, -0.25) is 9.59 Å². The number of nitrogens with one attached hydrogen (secondary N) is 1. The van der Waals surface area contributed by atoms with Crippen molar-refractivity contribution in [3.8, 4) is 5.75 Å². The molecule has 0 unspecified atom stereocenters. The number of H-pyrrole nitrogens is 1. The molecule has 12 heteroatoms. The number of likely N-dealkylation sites (tertiary alicyclic amines) is 1. The third kappa shape index (κ3) is 6.10. The third-order valence-electron chi connectivity index (χ3n) is 6.22. The summed E-state index contributed by atoms with van der Waals surface area (Å²) in [7, 11) is 0. The van der Waals surface area contributed by atoms with E-state index in [1.54, 1.807) is 28.0 Å². The number of carbonyl (C=O) groups excluding carboxylic acids is 2. The Labute approximate surface area is 204 Å². The number of fused-ring (bicyclic) bond motifs is 1. The van der Waals surface area contributed by atoms with E-state index in [1.807, 2.05) is 6.92 Å². The molecule has 0 radical (unpaired) electrons. The van der Waals surface area contributed by atoms with Crippen LogP contribution in [0.15, 0.2) is 36.4 Å². The van der Waals surface area contributed by atoms with Crippen LogP contribution in [0.4, 0.5) is 17.6 Å². The standard InChI is InChI=1S/C24H25F4N5O3/c1-2-32(23(35)17-4-7-20-21(11-17)30-31-29-20)13-15-9-10-33(14-15)22(34)8-5-16-3-6-18(12-19(16)25)36-24(26,27)28/h3-4,6-7,11-12,15H,2,5,8-10,13-14H2,1H3,(H,29,30,31)/t15-/m0/s1. The number of amides is 2. The van der Waals surface area contributed by atoms with E-state index in [2.05, 4.69) is 20.1 Å². The number of aromatic amines is 1. The zero-order valence-electron chi connectivity index (χ0n) is 19.5. The van der Waals surface area contributed by atoms with Gasteiger partial charge in [0.1, 0.15) is 22.6 Å². The molecule has 8 nitrogen and oxygen atoms in total. The molecule has 192 valence electrons. The van der Waals surface area contributed by atoms with E-state index in [4.69, 9.17) is 0 Å². The van der Waals surface area contributed by atoms with Crippen molar-refractivity contribution < 1.29 is 31.9 Å². The Morgan fingerprint density at radius 3 is 2.67 bits per heavy atom. The smallest absolute Gasteiger partial charge is 0.406 e. The third-order valence-corrected chi connectivity index (χ3v) is 6.22. The van der Waals surface area contributed by atoms with Gasteiger partial charge in [-0.15, -0.1) is 13.2 Å². The van der Waals surface area contributed by atoms with Crippen molar-refractivity contribution in [2.24, 2.45) is 5.92 Å². The maximum atomic E-state index is 14.2. The first-order valence-corrected chi connectivity index (χ1v) is 11.5. The summed E-state index contributed by atoms with van der Waals surface area (Å²) in [6, 6.07) is 8.01. The second kappa shape index (κ2) is 10.5. The lowest BCUT2D eigenvalue weighted by molar-refractivity contribution is -0.274. The molecule has 1 fully saturated rings. The second-order valence-corrected chi connectivity index (χ2v) is 8.67. The van der Waals surface area contributed by atoms with Crippen LogP contribution in [0.5, 0.6) is 5.75 Å². The molecule has 4 rings (SSSR count). The fraction of sp³-hybridized carbons (Fsp3) is 0.417. The molecule has 0 bridgehead atoms. The van der Waals surface area contributed by atoms with Crippen LogP contribution in [0.3, 0.4) is 0 Å². The maximum absolute atomic E-state index is 14.2. The summed E-state index contributed by atoms with van der Waals surface area (Å²) >= 11 is 0. The van der Waals surface area contributed by atoms with Crippen molar-refractivity contribution in [3.05, 3.63) is 53.3 Å². The number of alkyl halides is 3. The van der Waals surface area contributed by atoms with E-state index in [9.17, 15) is 27.2 Å². The Bertz CT molecular complexity index is 1250. The predicted octanol–water partition coefficient (Wildman–Crippen LogP) is 3.94. The fourth-order valence-corrected chi connectivity index (χ4v) is 4.36. The first kappa shape index (κ1) is 25.4. The van der Waals surface area contributed by atoms with E-state index in [1.165, 1.54) is 6.07 Å². The van der Waals surface area contributed by atoms with E-state index in [-0.39, 0.29) is 36.1 Å². The number of benzene rings is 2. The molecule has 1 aliphatic heterocycles. The van der Waals surface area contributed by atoms with Crippen LogP contribution in [0, 0.1) is 11.7 Å². The minimum Gasteiger partial charge on any atom is -0.406 e. The molecule has 1 N–H and O–H groups in total. The van der Waals surface area contributed by atoms with E-state index in [0.29, 0.717) is 48.8 Å². The Kier molecular flexibility index (Phi) is 7.41. The van der Waals surface area contributed by atoms with Crippen molar-refractivity contribution in [2.75, 3.05) is 26.2 Å². The molecule has 36 heavy (non-hydrogen) atoms. The number of aryl methyl sites for hydroxylation is 1. The van der Waals surface area contributed by atoms with Crippen molar-refractivity contribution >= 4 is 22.8 Å². The number of rotatable bonds is 8. The Balaban J connectivity index is 1.29. The highest BCUT2D eigenvalue weighted by Gasteiger charge is 2.32. The fourth-order valence-electron chi connectivity index (χ4n) is 4.36. The average Bonchev–Trinajstić information content (AvgIpc) is 3.49. The first-order valence-electron chi connectivity index (χ1n) is 11.5. The molecular weight excluding hydrogens is 482 g/mol. The Morgan fingerprint density at radius 1 is 1.17 bits per heavy atom. The van der Waals surface area contributed by atoms with Crippen LogP contribution < -0.4 is 4.74 Å². The van der Waals surface area contributed by atoms with Gasteiger partial charge in [0.2, 0.25) is 5.91 Å². The van der Waals surface area contributed by atoms with Gasteiger partial charge in [-0.2, -0.15) is 15.4 Å². The summed E-state index contributed by atoms with van der Waals surface area (Å²) in [5.41, 5.74) is 1.93. The predicted molar refractivity (Wildman–Crippen MR) is 122 cm³/mol. The quantitative estimate of drug-likeness (QED) is 0.467. The maximum Gasteiger partial charge on any atom is 0.573 e. The number of aromatic nitrogens is 3. The summed E-state index contributed by atoms with van der Waals surface area (Å²) in [5, 5.41) is 10.5. The Hall–Kier alpha value is -3.70. The van der Waals surface area contributed by atoms with Gasteiger partial charge in [0.15, 0.2) is 0 Å². The Morgan fingerprint density at radius 2 is 1.94 bits per heavy atom. The van der Waals surface area contributed by atoms with Crippen LogP contribution in [0.2, 0.25) is 0 Å². The zero-order valence-corrected chi connectivity index (χ0v) is 19.5. The lowest BCUT2D eigenvalue weighted by atomic mass is 10.1. The average molecular weight is 507 g/mol. The van der Waals surface area contributed by atoms with Gasteiger partial charge in [0, 0.05) is 44.2 Å². The molecule has 2 heterocycles. The summed E-state index contributed by atoms with van der Waals surface area (Å²) in [4.78, 5) is 29.1. The number of halogens is 4. The van der Waals surface area contributed by atoms with Crippen molar-refractivity contribution in [3.63, 3.8) is 0 Å². The van der Waals surface area contributed by atoms with Gasteiger partial charge < -0.3 is 14.5 Å². The number of carbonyl (C=O) groups is 2. The van der Waals surface area contributed by atoms with Gasteiger partial charge in [-0.1, -0.05) is 6.07 Å². The lowest BCUT2D eigenvalue weighted by Gasteiger charge is -2.25. The summed E-state index contributed by atoms with van der Waals surface area (Å²) in [5.74, 6) is -1.69. The van der Waals surface area contributed by atoms with Crippen molar-refractivity contribution in [1.29, 1.82) is 0 Å². The number of nitrogens with zero attached hydrogens (tertiary/aromatic N) is 4. The summed E-state index contributed by atoms with van der Waals surface area (Å²) in [6.07, 6.45) is -4.09. The van der Waals surface area contributed by atoms with Gasteiger partial charge >= 0.3 is 6.36 Å². The minimum atomic E-state index is -4.90. The molecule has 3 aromatic rings. The van der Waals surface area contributed by atoms with Crippen molar-refractivity contribution in [2.45, 2.75) is 32.5 Å². The molecule has 1 aliphatic rings. The highest BCUT2D eigenvalue weighted by atomic mass is 19.4. The van der Waals surface area contributed by atoms with Crippen LogP contribution >= 0.6 is 0 Å². The normalized spacial score (nSPS) is 15.9. The molecule has 2 aromatic carbocycles. The largest absolute Gasteiger partial charge is 0.573 e. The highest BCUT2D eigenvalue weighted by molar-refractivity contribution is 5.97. The molecule has 0 aliphatic carbocycles. The molecule has 1 saturated heterocycles. The SMILES string of the molecule is CCN(C[C@@H]1CCN(C(=O)CCc2ccc(OC(F)(F)F)cc2F)C1)C(=O)c1ccc2n[nH]nc2c1. The lowest BCUT2D eigenvalue weighted by Crippen LogP contribution is -2.37. The van der Waals surface area contributed by atoms with Crippen LogP contribution in [0.1, 0.15) is 35.7 Å². The zero-order chi connectivity index (χ0) is 25.9. The monoisotopic (exact) mass is 507 g/mol. The molecule has 0 spiro atoms.